The number of carbonyl (C=O) groups is 1. The third-order valence-corrected chi connectivity index (χ3v) is 5.35. The number of hydrogen-bond acceptors (Lipinski definition) is 6. The van der Waals surface area contributed by atoms with Gasteiger partial charge in [-0.15, -0.1) is 0 Å². The molecule has 1 aliphatic rings. The summed E-state index contributed by atoms with van der Waals surface area (Å²) < 4.78 is 11.0. The van der Waals surface area contributed by atoms with Crippen LogP contribution >= 0.6 is 0 Å². The van der Waals surface area contributed by atoms with E-state index in [4.69, 9.17) is 8.94 Å². The number of aryl methyl sites for hydroxylation is 1. The van der Waals surface area contributed by atoms with Gasteiger partial charge in [-0.3, -0.25) is 9.78 Å². The van der Waals surface area contributed by atoms with Gasteiger partial charge in [0.25, 0.3) is 11.6 Å². The van der Waals surface area contributed by atoms with E-state index >= 15 is 0 Å². The SMILES string of the molecule is Cc1ccncc1C(C)NC(=O)c1cc(-c2ccco2)nc2onc(C3CC3)c12. The summed E-state index contributed by atoms with van der Waals surface area (Å²) in [6.07, 6.45) is 7.20. The largest absolute Gasteiger partial charge is 0.463 e. The second kappa shape index (κ2) is 6.84. The van der Waals surface area contributed by atoms with Crippen LogP contribution in [-0.2, 0) is 0 Å². The molecule has 7 nitrogen and oxygen atoms in total. The molecule has 0 spiro atoms. The van der Waals surface area contributed by atoms with Crippen LogP contribution in [-0.4, -0.2) is 21.0 Å². The maximum Gasteiger partial charge on any atom is 0.259 e. The van der Waals surface area contributed by atoms with E-state index in [1.807, 2.05) is 19.9 Å². The van der Waals surface area contributed by atoms with Gasteiger partial charge in [0.05, 0.1) is 28.9 Å². The molecule has 1 atom stereocenters. The maximum atomic E-state index is 13.3. The van der Waals surface area contributed by atoms with Gasteiger partial charge in [-0.1, -0.05) is 5.16 Å². The number of furan rings is 1. The van der Waals surface area contributed by atoms with Crippen LogP contribution in [0.1, 0.15) is 58.9 Å². The first kappa shape index (κ1) is 17.6. The van der Waals surface area contributed by atoms with Gasteiger partial charge in [0.2, 0.25) is 0 Å². The summed E-state index contributed by atoms with van der Waals surface area (Å²) in [4.78, 5) is 22.0. The molecule has 1 unspecified atom stereocenters. The van der Waals surface area contributed by atoms with Gasteiger partial charge < -0.3 is 14.3 Å². The van der Waals surface area contributed by atoms with Crippen molar-refractivity contribution in [1.82, 2.24) is 20.4 Å². The summed E-state index contributed by atoms with van der Waals surface area (Å²) in [7, 11) is 0. The Morgan fingerprint density at radius 2 is 2.17 bits per heavy atom. The molecule has 5 rings (SSSR count). The third-order valence-electron chi connectivity index (χ3n) is 5.35. The number of fused-ring (bicyclic) bond motifs is 1. The second-order valence-electron chi connectivity index (χ2n) is 7.48. The Hall–Kier alpha value is -3.48. The van der Waals surface area contributed by atoms with Gasteiger partial charge in [0.15, 0.2) is 5.76 Å². The van der Waals surface area contributed by atoms with Crippen LogP contribution in [0.4, 0.5) is 0 Å². The van der Waals surface area contributed by atoms with Crippen LogP contribution in [0.2, 0.25) is 0 Å². The zero-order chi connectivity index (χ0) is 20.0. The second-order valence-corrected chi connectivity index (χ2v) is 7.48. The van der Waals surface area contributed by atoms with E-state index in [0.717, 1.165) is 29.7 Å². The van der Waals surface area contributed by atoms with Crippen molar-refractivity contribution in [3.8, 4) is 11.5 Å². The van der Waals surface area contributed by atoms with Gasteiger partial charge >= 0.3 is 0 Å². The van der Waals surface area contributed by atoms with Crippen LogP contribution in [0, 0.1) is 6.92 Å². The molecule has 0 aliphatic heterocycles. The number of nitrogens with one attached hydrogen (secondary N) is 1. The standard InChI is InChI=1S/C22H20N4O3/c1-12-7-8-23-11-16(12)13(2)24-21(27)15-10-17(18-4-3-9-28-18)25-22-19(15)20(26-29-22)14-5-6-14/h3-4,7-11,13-14H,5-6H2,1-2H3,(H,24,27). The molecule has 1 aliphatic carbocycles. The Balaban J connectivity index is 1.57. The Bertz CT molecular complexity index is 1190. The zero-order valence-corrected chi connectivity index (χ0v) is 16.2. The van der Waals surface area contributed by atoms with Crippen molar-refractivity contribution in [2.45, 2.75) is 38.6 Å². The van der Waals surface area contributed by atoms with E-state index in [1.165, 1.54) is 0 Å². The van der Waals surface area contributed by atoms with E-state index in [-0.39, 0.29) is 11.9 Å². The lowest BCUT2D eigenvalue weighted by Crippen LogP contribution is -2.27. The lowest BCUT2D eigenvalue weighted by molar-refractivity contribution is 0.0941. The number of pyridine rings is 2. The predicted octanol–water partition coefficient (Wildman–Crippen LogP) is 4.55. The first-order valence-corrected chi connectivity index (χ1v) is 9.67. The van der Waals surface area contributed by atoms with Crippen LogP contribution < -0.4 is 5.32 Å². The molecule has 4 aromatic rings. The van der Waals surface area contributed by atoms with Crippen LogP contribution in [0.25, 0.3) is 22.6 Å². The molecule has 146 valence electrons. The Kier molecular flexibility index (Phi) is 4.16. The van der Waals surface area contributed by atoms with E-state index in [1.54, 1.807) is 36.9 Å². The Morgan fingerprint density at radius 3 is 2.90 bits per heavy atom. The van der Waals surface area contributed by atoms with Gasteiger partial charge in [-0.25, -0.2) is 4.98 Å². The molecule has 4 aromatic heterocycles. The molecule has 0 bridgehead atoms. The van der Waals surface area contributed by atoms with E-state index < -0.39 is 0 Å². The van der Waals surface area contributed by atoms with Crippen molar-refractivity contribution in [3.63, 3.8) is 0 Å². The highest BCUT2D eigenvalue weighted by atomic mass is 16.5. The van der Waals surface area contributed by atoms with E-state index in [9.17, 15) is 4.79 Å². The molecule has 7 heteroatoms. The molecule has 1 amide bonds. The molecular formula is C22H20N4O3. The summed E-state index contributed by atoms with van der Waals surface area (Å²) in [5.41, 5.74) is 4.26. The summed E-state index contributed by atoms with van der Waals surface area (Å²) in [6, 6.07) is 7.07. The number of hydrogen-bond donors (Lipinski definition) is 1. The Labute approximate surface area is 167 Å². The quantitative estimate of drug-likeness (QED) is 0.539. The normalized spacial score (nSPS) is 14.8. The molecule has 29 heavy (non-hydrogen) atoms. The molecule has 0 radical (unpaired) electrons. The number of carbonyl (C=O) groups excluding carboxylic acids is 1. The maximum absolute atomic E-state index is 13.3. The highest BCUT2D eigenvalue weighted by Gasteiger charge is 2.32. The highest BCUT2D eigenvalue weighted by molar-refractivity contribution is 6.07. The average molecular weight is 388 g/mol. The van der Waals surface area contributed by atoms with Crippen LogP contribution in [0.15, 0.2) is 51.9 Å². The van der Waals surface area contributed by atoms with Crippen molar-refractivity contribution >= 4 is 17.0 Å². The minimum atomic E-state index is -0.203. The summed E-state index contributed by atoms with van der Waals surface area (Å²) >= 11 is 0. The summed E-state index contributed by atoms with van der Waals surface area (Å²) in [5, 5.41) is 7.99. The first-order chi connectivity index (χ1) is 14.1. The highest BCUT2D eigenvalue weighted by Crippen LogP contribution is 2.43. The number of rotatable bonds is 5. The van der Waals surface area contributed by atoms with Crippen molar-refractivity contribution in [2.24, 2.45) is 0 Å². The van der Waals surface area contributed by atoms with Gasteiger partial charge in [0, 0.05) is 18.3 Å². The number of nitrogens with zero attached hydrogens (tertiary/aromatic N) is 3. The summed E-state index contributed by atoms with van der Waals surface area (Å²) in [5.74, 6) is 0.699. The third kappa shape index (κ3) is 3.18. The molecule has 1 N–H and O–H groups in total. The van der Waals surface area contributed by atoms with E-state index in [0.29, 0.717) is 34.0 Å². The topological polar surface area (TPSA) is 94.1 Å². The number of amides is 1. The fourth-order valence-corrected chi connectivity index (χ4v) is 3.62. The van der Waals surface area contributed by atoms with Gasteiger partial charge in [-0.05, 0) is 62.1 Å². The molecule has 1 fully saturated rings. The zero-order valence-electron chi connectivity index (χ0n) is 16.2. The van der Waals surface area contributed by atoms with E-state index in [2.05, 4.69) is 20.4 Å². The minimum Gasteiger partial charge on any atom is -0.463 e. The molecule has 4 heterocycles. The first-order valence-electron chi connectivity index (χ1n) is 9.67. The molecule has 1 saturated carbocycles. The van der Waals surface area contributed by atoms with Crippen LogP contribution in [0.3, 0.4) is 0 Å². The monoisotopic (exact) mass is 388 g/mol. The van der Waals surface area contributed by atoms with Gasteiger partial charge in [0.1, 0.15) is 5.69 Å². The fourth-order valence-electron chi connectivity index (χ4n) is 3.62. The molecular weight excluding hydrogens is 368 g/mol. The molecule has 0 aromatic carbocycles. The summed E-state index contributed by atoms with van der Waals surface area (Å²) in [6.45, 7) is 3.95. The number of aromatic nitrogens is 3. The average Bonchev–Trinajstić information content (AvgIpc) is 3.24. The minimum absolute atomic E-state index is 0.198. The predicted molar refractivity (Wildman–Crippen MR) is 106 cm³/mol. The lowest BCUT2D eigenvalue weighted by atomic mass is 10.0. The smallest absolute Gasteiger partial charge is 0.259 e. The van der Waals surface area contributed by atoms with Crippen molar-refractivity contribution in [3.05, 3.63) is 65.3 Å². The van der Waals surface area contributed by atoms with Crippen LogP contribution in [0.5, 0.6) is 0 Å². The van der Waals surface area contributed by atoms with Crippen molar-refractivity contribution in [2.75, 3.05) is 0 Å². The van der Waals surface area contributed by atoms with Gasteiger partial charge in [-0.2, -0.15) is 0 Å². The lowest BCUT2D eigenvalue weighted by Gasteiger charge is -2.16. The van der Waals surface area contributed by atoms with Crippen molar-refractivity contribution < 1.29 is 13.7 Å². The Morgan fingerprint density at radius 1 is 1.31 bits per heavy atom. The molecule has 0 saturated heterocycles. The van der Waals surface area contributed by atoms with Crippen molar-refractivity contribution in [1.29, 1.82) is 0 Å². The fraction of sp³-hybridized carbons (Fsp3) is 0.273.